The van der Waals surface area contributed by atoms with Crippen molar-refractivity contribution in [1.82, 2.24) is 0 Å². The molecule has 0 aliphatic rings. The fourth-order valence-electron chi connectivity index (χ4n) is 3.22. The zero-order valence-electron chi connectivity index (χ0n) is 17.7. The summed E-state index contributed by atoms with van der Waals surface area (Å²) < 4.78 is 33.2. The first-order valence-electron chi connectivity index (χ1n) is 9.91. The van der Waals surface area contributed by atoms with Crippen molar-refractivity contribution in [3.8, 4) is 0 Å². The summed E-state index contributed by atoms with van der Waals surface area (Å²) in [6.45, 7) is 0.986. The van der Waals surface area contributed by atoms with Gasteiger partial charge < -0.3 is 9.84 Å². The number of benzene rings is 3. The lowest BCUT2D eigenvalue weighted by Crippen LogP contribution is -2.37. The Morgan fingerprint density at radius 3 is 2.29 bits per heavy atom. The molecule has 0 amide bonds. The third kappa shape index (κ3) is 5.79. The maximum atomic E-state index is 13.7. The predicted molar refractivity (Wildman–Crippen MR) is 135 cm³/mol. The Morgan fingerprint density at radius 1 is 0.941 bits per heavy atom. The minimum Gasteiger partial charge on any atom is -0.465 e. The minimum absolute atomic E-state index is 0.0101. The number of carbonyl (C=O) groups excluding carboxylic acids is 1. The lowest BCUT2D eigenvalue weighted by atomic mass is 9.99. The van der Waals surface area contributed by atoms with E-state index in [1.807, 2.05) is 0 Å². The number of esters is 1. The van der Waals surface area contributed by atoms with Crippen molar-refractivity contribution < 1.29 is 23.1 Å². The number of aliphatic hydroxyl groups excluding tert-OH is 1. The molecule has 0 radical (unpaired) electrons. The van der Waals surface area contributed by atoms with Gasteiger partial charge in [0, 0.05) is 21.2 Å². The Bertz CT molecular complexity index is 1320. The van der Waals surface area contributed by atoms with Crippen LogP contribution in [0.4, 0.5) is 5.69 Å². The van der Waals surface area contributed by atoms with E-state index in [0.717, 1.165) is 4.31 Å². The van der Waals surface area contributed by atoms with E-state index in [1.54, 1.807) is 31.2 Å². The number of hydrogen-bond acceptors (Lipinski definition) is 5. The Labute approximate surface area is 217 Å². The molecule has 3 aromatic rings. The quantitative estimate of drug-likeness (QED) is 0.333. The Balaban J connectivity index is 2.21. The third-order valence-corrected chi connectivity index (χ3v) is 7.88. The van der Waals surface area contributed by atoms with Gasteiger partial charge in [0.1, 0.15) is 12.6 Å². The normalized spacial score (nSPS) is 12.3. The minimum atomic E-state index is -4.37. The van der Waals surface area contributed by atoms with Crippen LogP contribution in [0.15, 0.2) is 65.6 Å². The monoisotopic (exact) mass is 561 g/mol. The molecule has 0 aromatic heterocycles. The number of anilines is 1. The van der Waals surface area contributed by atoms with E-state index in [0.29, 0.717) is 5.56 Å². The molecule has 1 atom stereocenters. The molecule has 0 saturated carbocycles. The molecule has 0 saturated heterocycles. The number of rotatable bonds is 8. The second-order valence-electron chi connectivity index (χ2n) is 7.02. The predicted octanol–water partition coefficient (Wildman–Crippen LogP) is 6.14. The van der Waals surface area contributed by atoms with Crippen molar-refractivity contribution in [2.75, 3.05) is 17.5 Å². The summed E-state index contributed by atoms with van der Waals surface area (Å²) in [5.41, 5.74) is 0.459. The highest BCUT2D eigenvalue weighted by Gasteiger charge is 2.32. The maximum Gasteiger partial charge on any atom is 0.326 e. The molecular weight excluding hydrogens is 544 g/mol. The van der Waals surface area contributed by atoms with Crippen LogP contribution < -0.4 is 4.31 Å². The van der Waals surface area contributed by atoms with Gasteiger partial charge in [-0.2, -0.15) is 0 Å². The second-order valence-corrected chi connectivity index (χ2v) is 10.5. The maximum absolute atomic E-state index is 13.7. The van der Waals surface area contributed by atoms with Gasteiger partial charge in [0.15, 0.2) is 0 Å². The summed E-state index contributed by atoms with van der Waals surface area (Å²) in [5.74, 6) is -0.792. The van der Waals surface area contributed by atoms with Crippen LogP contribution in [0.3, 0.4) is 0 Å². The molecule has 6 nitrogen and oxygen atoms in total. The Hall–Kier alpha value is -2.00. The Kier molecular flexibility index (Phi) is 8.73. The summed E-state index contributed by atoms with van der Waals surface area (Å²) in [5, 5.41) is 11.9. The number of aliphatic hydroxyl groups is 1. The van der Waals surface area contributed by atoms with Crippen LogP contribution >= 0.6 is 46.4 Å². The van der Waals surface area contributed by atoms with Crippen molar-refractivity contribution in [3.63, 3.8) is 0 Å². The topological polar surface area (TPSA) is 83.9 Å². The number of nitrogens with zero attached hydrogens (tertiary/aromatic N) is 1. The first kappa shape index (κ1) is 26.6. The zero-order valence-corrected chi connectivity index (χ0v) is 21.6. The first-order chi connectivity index (χ1) is 16.1. The van der Waals surface area contributed by atoms with E-state index >= 15 is 0 Å². The van der Waals surface area contributed by atoms with E-state index in [2.05, 4.69) is 0 Å². The van der Waals surface area contributed by atoms with Crippen molar-refractivity contribution >= 4 is 68.1 Å². The summed E-state index contributed by atoms with van der Waals surface area (Å²) in [6.07, 6.45) is -1.35. The van der Waals surface area contributed by atoms with Crippen LogP contribution in [0.5, 0.6) is 0 Å². The molecule has 1 unspecified atom stereocenters. The number of halogens is 4. The molecule has 0 heterocycles. The molecule has 0 spiro atoms. The highest BCUT2D eigenvalue weighted by atomic mass is 35.5. The number of sulfonamides is 1. The molecule has 180 valence electrons. The average Bonchev–Trinajstić information content (AvgIpc) is 2.79. The molecule has 11 heteroatoms. The van der Waals surface area contributed by atoms with Gasteiger partial charge in [-0.05, 0) is 49.4 Å². The fourth-order valence-corrected chi connectivity index (χ4v) is 5.47. The first-order valence-corrected chi connectivity index (χ1v) is 12.9. The van der Waals surface area contributed by atoms with E-state index < -0.39 is 28.6 Å². The van der Waals surface area contributed by atoms with Crippen LogP contribution in [0, 0.1) is 0 Å². The molecule has 0 aliphatic heterocycles. The summed E-state index contributed by atoms with van der Waals surface area (Å²) >= 11 is 24.4. The zero-order chi connectivity index (χ0) is 25.0. The van der Waals surface area contributed by atoms with Gasteiger partial charge in [-0.1, -0.05) is 64.6 Å². The molecule has 0 fully saturated rings. The van der Waals surface area contributed by atoms with Gasteiger partial charge in [0.25, 0.3) is 10.0 Å². The smallest absolute Gasteiger partial charge is 0.326 e. The van der Waals surface area contributed by atoms with E-state index in [1.165, 1.54) is 36.4 Å². The van der Waals surface area contributed by atoms with Gasteiger partial charge >= 0.3 is 5.97 Å². The lowest BCUT2D eigenvalue weighted by Gasteiger charge is -2.28. The molecule has 3 rings (SSSR count). The third-order valence-electron chi connectivity index (χ3n) is 4.81. The standard InChI is InChI=1S/C23H19Cl4NO5S/c1-2-33-22(29)13-28(34(31,32)15-8-9-19(26)20(27)12-15)21-10-7-14(24)11-17(21)23(30)16-5-3-4-6-18(16)25/h3-12,23,30H,2,13H2,1H3. The van der Waals surface area contributed by atoms with E-state index in [4.69, 9.17) is 51.1 Å². The van der Waals surface area contributed by atoms with Crippen molar-refractivity contribution in [3.05, 3.63) is 91.9 Å². The highest BCUT2D eigenvalue weighted by molar-refractivity contribution is 7.92. The van der Waals surface area contributed by atoms with Crippen LogP contribution in [-0.2, 0) is 19.6 Å². The largest absolute Gasteiger partial charge is 0.465 e. The Morgan fingerprint density at radius 2 is 1.65 bits per heavy atom. The lowest BCUT2D eigenvalue weighted by molar-refractivity contribution is -0.141. The average molecular weight is 563 g/mol. The van der Waals surface area contributed by atoms with Crippen molar-refractivity contribution in [2.24, 2.45) is 0 Å². The number of ether oxygens (including phenoxy) is 1. The fraction of sp³-hybridized carbons (Fsp3) is 0.174. The van der Waals surface area contributed by atoms with Gasteiger partial charge in [-0.15, -0.1) is 0 Å². The molecule has 0 aliphatic carbocycles. The van der Waals surface area contributed by atoms with Crippen LogP contribution in [0.25, 0.3) is 0 Å². The highest BCUT2D eigenvalue weighted by Crippen LogP contribution is 2.38. The molecule has 1 N–H and O–H groups in total. The summed E-state index contributed by atoms with van der Waals surface area (Å²) in [6, 6.07) is 14.6. The molecule has 0 bridgehead atoms. The van der Waals surface area contributed by atoms with Crippen molar-refractivity contribution in [1.29, 1.82) is 0 Å². The summed E-state index contributed by atoms with van der Waals surface area (Å²) in [7, 11) is -4.37. The number of carbonyl (C=O) groups is 1. The van der Waals surface area contributed by atoms with Gasteiger partial charge in [0.05, 0.1) is 27.2 Å². The van der Waals surface area contributed by atoms with E-state index in [-0.39, 0.29) is 42.8 Å². The van der Waals surface area contributed by atoms with Crippen LogP contribution in [-0.4, -0.2) is 32.6 Å². The summed E-state index contributed by atoms with van der Waals surface area (Å²) in [4.78, 5) is 12.2. The van der Waals surface area contributed by atoms with Crippen molar-refractivity contribution in [2.45, 2.75) is 17.9 Å². The van der Waals surface area contributed by atoms with Gasteiger partial charge in [-0.25, -0.2) is 8.42 Å². The van der Waals surface area contributed by atoms with Gasteiger partial charge in [0.2, 0.25) is 0 Å². The molecule has 34 heavy (non-hydrogen) atoms. The molecule has 3 aromatic carbocycles. The number of hydrogen-bond donors (Lipinski definition) is 1. The van der Waals surface area contributed by atoms with Gasteiger partial charge in [-0.3, -0.25) is 9.10 Å². The van der Waals surface area contributed by atoms with Crippen LogP contribution in [0.1, 0.15) is 24.2 Å². The second kappa shape index (κ2) is 11.2. The molecular formula is C23H19Cl4NO5S. The van der Waals surface area contributed by atoms with E-state index in [9.17, 15) is 18.3 Å². The SMILES string of the molecule is CCOC(=O)CN(c1ccc(Cl)cc1C(O)c1ccccc1Cl)S(=O)(=O)c1ccc(Cl)c(Cl)c1. The van der Waals surface area contributed by atoms with Crippen LogP contribution in [0.2, 0.25) is 20.1 Å².